The second kappa shape index (κ2) is 7.09. The summed E-state index contributed by atoms with van der Waals surface area (Å²) in [5.41, 5.74) is 2.25. The fourth-order valence-electron chi connectivity index (χ4n) is 2.55. The summed E-state index contributed by atoms with van der Waals surface area (Å²) in [5, 5.41) is 17.0. The molecule has 3 rings (SSSR count). The summed E-state index contributed by atoms with van der Waals surface area (Å²) >= 11 is 7.52. The van der Waals surface area contributed by atoms with E-state index in [1.807, 2.05) is 26.0 Å². The molecule has 3 aromatic rings. The Morgan fingerprint density at radius 2 is 2.20 bits per heavy atom. The van der Waals surface area contributed by atoms with Crippen LogP contribution < -0.4 is 5.32 Å². The first-order valence-corrected chi connectivity index (χ1v) is 8.80. The quantitative estimate of drug-likeness (QED) is 0.695. The number of halogens is 1. The number of nitrogens with one attached hydrogen (secondary N) is 1. The van der Waals surface area contributed by atoms with Crippen LogP contribution in [0.15, 0.2) is 34.9 Å². The van der Waals surface area contributed by atoms with Crippen LogP contribution in [-0.2, 0) is 6.42 Å². The average Bonchev–Trinajstić information content (AvgIpc) is 3.19. The van der Waals surface area contributed by atoms with E-state index in [2.05, 4.69) is 16.5 Å². The summed E-state index contributed by atoms with van der Waals surface area (Å²) in [6.45, 7) is 3.92. The van der Waals surface area contributed by atoms with E-state index in [4.69, 9.17) is 16.1 Å². The molecule has 5 nitrogen and oxygen atoms in total. The zero-order chi connectivity index (χ0) is 18.0. The number of rotatable bonds is 4. The fraction of sp³-hybridized carbons (Fsp3) is 0.167. The SMILES string of the molecule is CCc1c(C)sc(NC(=O)c2cc(-c3ccccc3Cl)on2)c1C#N. The van der Waals surface area contributed by atoms with Gasteiger partial charge in [-0.15, -0.1) is 11.3 Å². The number of hydrogen-bond acceptors (Lipinski definition) is 5. The molecular formula is C18H14ClN3O2S. The summed E-state index contributed by atoms with van der Waals surface area (Å²) in [4.78, 5) is 13.5. The third-order valence-corrected chi connectivity index (χ3v) is 5.18. The molecule has 126 valence electrons. The van der Waals surface area contributed by atoms with Gasteiger partial charge in [0.1, 0.15) is 11.1 Å². The predicted octanol–water partition coefficient (Wildman–Crippen LogP) is 5.05. The van der Waals surface area contributed by atoms with Crippen molar-refractivity contribution in [3.05, 3.63) is 57.1 Å². The Morgan fingerprint density at radius 1 is 1.44 bits per heavy atom. The number of nitriles is 1. The van der Waals surface area contributed by atoms with Crippen LogP contribution >= 0.6 is 22.9 Å². The lowest BCUT2D eigenvalue weighted by atomic mass is 10.1. The van der Waals surface area contributed by atoms with Crippen LogP contribution in [-0.4, -0.2) is 11.1 Å². The zero-order valence-electron chi connectivity index (χ0n) is 13.6. The third kappa shape index (κ3) is 3.29. The van der Waals surface area contributed by atoms with Crippen molar-refractivity contribution in [2.24, 2.45) is 0 Å². The van der Waals surface area contributed by atoms with Crippen LogP contribution in [0.2, 0.25) is 5.02 Å². The molecule has 0 unspecified atom stereocenters. The molecule has 7 heteroatoms. The zero-order valence-corrected chi connectivity index (χ0v) is 15.2. The van der Waals surface area contributed by atoms with Crippen LogP contribution in [0.5, 0.6) is 0 Å². The molecule has 2 aromatic heterocycles. The normalized spacial score (nSPS) is 10.5. The monoisotopic (exact) mass is 371 g/mol. The molecule has 0 fully saturated rings. The maximum absolute atomic E-state index is 12.5. The van der Waals surface area contributed by atoms with Crippen LogP contribution in [0, 0.1) is 18.3 Å². The molecule has 0 bridgehead atoms. The number of amides is 1. The Balaban J connectivity index is 1.87. The maximum atomic E-state index is 12.5. The van der Waals surface area contributed by atoms with Crippen LogP contribution in [0.1, 0.15) is 33.4 Å². The van der Waals surface area contributed by atoms with Gasteiger partial charge in [-0.2, -0.15) is 5.26 Å². The number of carbonyl (C=O) groups excluding carboxylic acids is 1. The molecule has 1 amide bonds. The van der Waals surface area contributed by atoms with E-state index in [1.54, 1.807) is 12.1 Å². The molecule has 0 aliphatic rings. The van der Waals surface area contributed by atoms with E-state index in [1.165, 1.54) is 17.4 Å². The highest BCUT2D eigenvalue weighted by Gasteiger charge is 2.20. The van der Waals surface area contributed by atoms with Crippen LogP contribution in [0.3, 0.4) is 0 Å². The number of aromatic nitrogens is 1. The first-order chi connectivity index (χ1) is 12.0. The van der Waals surface area contributed by atoms with Gasteiger partial charge < -0.3 is 9.84 Å². The standard InChI is InChI=1S/C18H14ClN3O2S/c1-3-11-10(2)25-18(13(11)9-20)21-17(23)15-8-16(24-22-15)12-6-4-5-7-14(12)19/h4-8H,3H2,1-2H3,(H,21,23). The number of nitrogens with zero attached hydrogens (tertiary/aromatic N) is 2. The molecule has 1 N–H and O–H groups in total. The number of aryl methyl sites for hydroxylation is 1. The Bertz CT molecular complexity index is 985. The maximum Gasteiger partial charge on any atom is 0.278 e. The number of carbonyl (C=O) groups is 1. The summed E-state index contributed by atoms with van der Waals surface area (Å²) in [6.07, 6.45) is 0.738. The average molecular weight is 372 g/mol. The van der Waals surface area contributed by atoms with E-state index in [-0.39, 0.29) is 5.69 Å². The lowest BCUT2D eigenvalue weighted by Gasteiger charge is -2.00. The predicted molar refractivity (Wildman–Crippen MR) is 98.1 cm³/mol. The van der Waals surface area contributed by atoms with Crippen molar-refractivity contribution in [3.8, 4) is 17.4 Å². The Kier molecular flexibility index (Phi) is 4.88. The highest BCUT2D eigenvalue weighted by molar-refractivity contribution is 7.16. The number of thiophene rings is 1. The number of hydrogen-bond donors (Lipinski definition) is 1. The van der Waals surface area contributed by atoms with Gasteiger partial charge in [0.15, 0.2) is 11.5 Å². The molecule has 0 saturated heterocycles. The Labute approximate surface area is 153 Å². The van der Waals surface area contributed by atoms with Crippen LogP contribution in [0.25, 0.3) is 11.3 Å². The minimum Gasteiger partial charge on any atom is -0.355 e. The smallest absolute Gasteiger partial charge is 0.278 e. The lowest BCUT2D eigenvalue weighted by molar-refractivity contribution is 0.101. The third-order valence-electron chi connectivity index (χ3n) is 3.78. The summed E-state index contributed by atoms with van der Waals surface area (Å²) in [6, 6.07) is 10.9. The molecule has 0 aliphatic heterocycles. The Morgan fingerprint density at radius 3 is 2.88 bits per heavy atom. The minimum absolute atomic E-state index is 0.128. The second-order valence-corrected chi connectivity index (χ2v) is 6.95. The molecule has 0 aliphatic carbocycles. The molecule has 2 heterocycles. The first-order valence-electron chi connectivity index (χ1n) is 7.60. The van der Waals surface area contributed by atoms with Crippen molar-refractivity contribution in [1.29, 1.82) is 5.26 Å². The van der Waals surface area contributed by atoms with Gasteiger partial charge in [0, 0.05) is 16.5 Å². The summed E-state index contributed by atoms with van der Waals surface area (Å²) in [5.74, 6) is -0.0182. The minimum atomic E-state index is -0.428. The molecule has 0 radical (unpaired) electrons. The van der Waals surface area contributed by atoms with Gasteiger partial charge in [0.2, 0.25) is 0 Å². The van der Waals surface area contributed by atoms with E-state index in [0.717, 1.165) is 16.9 Å². The molecular weight excluding hydrogens is 358 g/mol. The molecule has 25 heavy (non-hydrogen) atoms. The van der Waals surface area contributed by atoms with Gasteiger partial charge in [-0.25, -0.2) is 0 Å². The fourth-order valence-corrected chi connectivity index (χ4v) is 3.87. The largest absolute Gasteiger partial charge is 0.355 e. The highest BCUT2D eigenvalue weighted by atomic mass is 35.5. The van der Waals surface area contributed by atoms with Gasteiger partial charge in [0.25, 0.3) is 5.91 Å². The van der Waals surface area contributed by atoms with Crippen molar-refractivity contribution in [3.63, 3.8) is 0 Å². The van der Waals surface area contributed by atoms with E-state index in [9.17, 15) is 10.1 Å². The lowest BCUT2D eigenvalue weighted by Crippen LogP contribution is -2.12. The van der Waals surface area contributed by atoms with Gasteiger partial charge in [0.05, 0.1) is 10.6 Å². The van der Waals surface area contributed by atoms with Gasteiger partial charge in [-0.3, -0.25) is 4.79 Å². The number of benzene rings is 1. The van der Waals surface area contributed by atoms with Crippen molar-refractivity contribution in [2.75, 3.05) is 5.32 Å². The van der Waals surface area contributed by atoms with Gasteiger partial charge >= 0.3 is 0 Å². The Hall–Kier alpha value is -2.62. The van der Waals surface area contributed by atoms with Crippen molar-refractivity contribution in [1.82, 2.24) is 5.16 Å². The van der Waals surface area contributed by atoms with Crippen molar-refractivity contribution >= 4 is 33.8 Å². The second-order valence-electron chi connectivity index (χ2n) is 5.32. The van der Waals surface area contributed by atoms with E-state index < -0.39 is 5.91 Å². The number of anilines is 1. The first kappa shape index (κ1) is 17.2. The van der Waals surface area contributed by atoms with Gasteiger partial charge in [-0.1, -0.05) is 35.8 Å². The molecule has 1 aromatic carbocycles. The molecule has 0 saturated carbocycles. The molecule has 0 spiro atoms. The summed E-state index contributed by atoms with van der Waals surface area (Å²) < 4.78 is 5.24. The van der Waals surface area contributed by atoms with E-state index in [0.29, 0.717) is 26.9 Å². The topological polar surface area (TPSA) is 78.9 Å². The van der Waals surface area contributed by atoms with E-state index >= 15 is 0 Å². The van der Waals surface area contributed by atoms with Crippen molar-refractivity contribution < 1.29 is 9.32 Å². The highest BCUT2D eigenvalue weighted by Crippen LogP contribution is 2.33. The van der Waals surface area contributed by atoms with Crippen molar-refractivity contribution in [2.45, 2.75) is 20.3 Å². The summed E-state index contributed by atoms with van der Waals surface area (Å²) in [7, 11) is 0. The van der Waals surface area contributed by atoms with Crippen LogP contribution in [0.4, 0.5) is 5.00 Å². The molecule has 0 atom stereocenters. The van der Waals surface area contributed by atoms with Gasteiger partial charge in [-0.05, 0) is 31.0 Å².